The normalized spacial score (nSPS) is 11.4. The first kappa shape index (κ1) is 9.63. The van der Waals surface area contributed by atoms with Gasteiger partial charge in [-0.1, -0.05) is 6.58 Å². The van der Waals surface area contributed by atoms with Gasteiger partial charge in [-0.2, -0.15) is 13.2 Å². The molecule has 0 bridgehead atoms. The van der Waals surface area contributed by atoms with Gasteiger partial charge in [-0.15, -0.1) is 0 Å². The minimum absolute atomic E-state index is 0.0252. The van der Waals surface area contributed by atoms with E-state index >= 15 is 0 Å². The summed E-state index contributed by atoms with van der Waals surface area (Å²) in [5.74, 6) is -1.23. The van der Waals surface area contributed by atoms with Crippen molar-refractivity contribution in [3.8, 4) is 0 Å². The lowest BCUT2D eigenvalue weighted by atomic mass is 10.5. The van der Waals surface area contributed by atoms with E-state index in [0.29, 0.717) is 0 Å². The van der Waals surface area contributed by atoms with Gasteiger partial charge in [-0.3, -0.25) is 0 Å². The van der Waals surface area contributed by atoms with E-state index in [9.17, 15) is 13.2 Å². The van der Waals surface area contributed by atoms with Crippen LogP contribution < -0.4 is 0 Å². The lowest BCUT2D eigenvalue weighted by Gasteiger charge is -2.05. The molecule has 0 N–H and O–H groups in total. The Morgan fingerprint density at radius 2 is 1.85 bits per heavy atom. The van der Waals surface area contributed by atoms with Crippen molar-refractivity contribution in [2.45, 2.75) is 13.1 Å². The fraction of sp³-hybridized carbons (Fsp3) is 0.286. The van der Waals surface area contributed by atoms with E-state index in [-0.39, 0.29) is 11.6 Å². The minimum atomic E-state index is -4.54. The third kappa shape index (κ3) is 2.24. The molecule has 0 spiro atoms. The molecule has 0 amide bonds. The fourth-order valence-corrected chi connectivity index (χ4v) is 0.721. The van der Waals surface area contributed by atoms with Crippen LogP contribution in [0.2, 0.25) is 0 Å². The Balaban J connectivity index is 3.24. The average molecular weight is 189 g/mol. The van der Waals surface area contributed by atoms with Crippen LogP contribution in [0.4, 0.5) is 13.2 Å². The summed E-state index contributed by atoms with van der Waals surface area (Å²) in [5.41, 5.74) is 0. The van der Waals surface area contributed by atoms with Crippen LogP contribution in [0.3, 0.4) is 0 Å². The highest BCUT2D eigenvalue weighted by atomic mass is 19.4. The first-order valence-electron chi connectivity index (χ1n) is 3.36. The molecule has 70 valence electrons. The van der Waals surface area contributed by atoms with Gasteiger partial charge in [0.05, 0.1) is 0 Å². The van der Waals surface area contributed by atoms with Crippen molar-refractivity contribution in [1.82, 2.24) is 15.0 Å². The third-order valence-electron chi connectivity index (χ3n) is 1.20. The molecule has 0 saturated heterocycles. The van der Waals surface area contributed by atoms with Crippen molar-refractivity contribution in [2.24, 2.45) is 0 Å². The minimum Gasteiger partial charge on any atom is -0.214 e. The number of alkyl halides is 3. The second-order valence-electron chi connectivity index (χ2n) is 2.27. The molecule has 1 aromatic rings. The van der Waals surface area contributed by atoms with Gasteiger partial charge in [-0.05, 0) is 13.0 Å². The summed E-state index contributed by atoms with van der Waals surface area (Å²) in [7, 11) is 0. The first-order chi connectivity index (χ1) is 5.93. The maximum absolute atomic E-state index is 12.1. The van der Waals surface area contributed by atoms with Gasteiger partial charge < -0.3 is 0 Å². The van der Waals surface area contributed by atoms with Gasteiger partial charge in [0.15, 0.2) is 5.82 Å². The zero-order chi connectivity index (χ0) is 10.1. The Morgan fingerprint density at radius 3 is 2.31 bits per heavy atom. The highest BCUT2D eigenvalue weighted by molar-refractivity contribution is 5.35. The average Bonchev–Trinajstić information content (AvgIpc) is 2.01. The maximum atomic E-state index is 12.1. The molecule has 1 aromatic heterocycles. The fourth-order valence-electron chi connectivity index (χ4n) is 0.721. The molecule has 13 heavy (non-hydrogen) atoms. The van der Waals surface area contributed by atoms with Crippen LogP contribution in [0.25, 0.3) is 6.08 Å². The zero-order valence-corrected chi connectivity index (χ0v) is 6.76. The number of aromatic nitrogens is 3. The van der Waals surface area contributed by atoms with Crippen molar-refractivity contribution in [2.75, 3.05) is 0 Å². The molecule has 0 atom stereocenters. The molecule has 3 nitrogen and oxygen atoms in total. The van der Waals surface area contributed by atoms with Crippen LogP contribution in [0.5, 0.6) is 0 Å². The Bertz CT molecular complexity index is 332. The molecule has 0 radical (unpaired) electrons. The number of nitrogens with zero attached hydrogens (tertiary/aromatic N) is 3. The molecule has 0 unspecified atom stereocenters. The molecule has 0 aliphatic rings. The molecular weight excluding hydrogens is 183 g/mol. The molecule has 1 rings (SSSR count). The van der Waals surface area contributed by atoms with Crippen molar-refractivity contribution < 1.29 is 13.2 Å². The van der Waals surface area contributed by atoms with Crippen molar-refractivity contribution in [1.29, 1.82) is 0 Å². The van der Waals surface area contributed by atoms with Crippen LogP contribution in [0.1, 0.15) is 17.5 Å². The van der Waals surface area contributed by atoms with Crippen molar-refractivity contribution >= 4 is 6.08 Å². The molecule has 0 aromatic carbocycles. The number of hydrogen-bond donors (Lipinski definition) is 0. The molecule has 0 aliphatic heterocycles. The van der Waals surface area contributed by atoms with E-state index in [1.165, 1.54) is 6.92 Å². The van der Waals surface area contributed by atoms with E-state index in [4.69, 9.17) is 0 Å². The molecule has 0 fully saturated rings. The Morgan fingerprint density at radius 1 is 1.23 bits per heavy atom. The number of hydrogen-bond acceptors (Lipinski definition) is 3. The summed E-state index contributed by atoms with van der Waals surface area (Å²) in [5, 5.41) is 0. The topological polar surface area (TPSA) is 38.7 Å². The lowest BCUT2D eigenvalue weighted by Crippen LogP contribution is -2.13. The summed E-state index contributed by atoms with van der Waals surface area (Å²) < 4.78 is 36.3. The van der Waals surface area contributed by atoms with Crippen molar-refractivity contribution in [3.05, 3.63) is 24.1 Å². The number of aryl methyl sites for hydroxylation is 1. The van der Waals surface area contributed by atoms with Gasteiger partial charge >= 0.3 is 6.18 Å². The van der Waals surface area contributed by atoms with Gasteiger partial charge in [0.2, 0.25) is 5.82 Å². The number of rotatable bonds is 1. The quantitative estimate of drug-likeness (QED) is 0.676. The monoisotopic (exact) mass is 189 g/mol. The maximum Gasteiger partial charge on any atom is 0.451 e. The summed E-state index contributed by atoms with van der Waals surface area (Å²) in [6.45, 7) is 4.64. The summed E-state index contributed by atoms with van der Waals surface area (Å²) in [6.07, 6.45) is -3.39. The molecule has 6 heteroatoms. The van der Waals surface area contributed by atoms with Crippen LogP contribution in [-0.2, 0) is 6.18 Å². The second-order valence-corrected chi connectivity index (χ2v) is 2.27. The first-order valence-corrected chi connectivity index (χ1v) is 3.36. The molecule has 1 heterocycles. The smallest absolute Gasteiger partial charge is 0.214 e. The largest absolute Gasteiger partial charge is 0.451 e. The molecule has 0 saturated carbocycles. The lowest BCUT2D eigenvalue weighted by molar-refractivity contribution is -0.145. The van der Waals surface area contributed by atoms with Gasteiger partial charge in [0, 0.05) is 0 Å². The van der Waals surface area contributed by atoms with E-state index in [0.717, 1.165) is 6.08 Å². The standard InChI is InChI=1S/C7H6F3N3/c1-3-5-11-4(2)12-6(13-5)7(8,9)10/h3H,1H2,2H3. The Labute approximate surface area is 72.4 Å². The molecule has 0 aliphatic carbocycles. The zero-order valence-electron chi connectivity index (χ0n) is 6.76. The summed E-state index contributed by atoms with van der Waals surface area (Å²) >= 11 is 0. The summed E-state index contributed by atoms with van der Waals surface area (Å²) in [4.78, 5) is 9.94. The van der Waals surface area contributed by atoms with E-state index in [1.54, 1.807) is 0 Å². The van der Waals surface area contributed by atoms with Crippen LogP contribution >= 0.6 is 0 Å². The third-order valence-corrected chi connectivity index (χ3v) is 1.20. The predicted octanol–water partition coefficient (Wildman–Crippen LogP) is 1.84. The van der Waals surface area contributed by atoms with E-state index in [2.05, 4.69) is 21.5 Å². The Kier molecular flexibility index (Phi) is 2.31. The second kappa shape index (κ2) is 3.12. The Hall–Kier alpha value is -1.46. The SMILES string of the molecule is C=Cc1nc(C)nc(C(F)(F)F)n1. The highest BCUT2D eigenvalue weighted by Gasteiger charge is 2.35. The predicted molar refractivity (Wildman–Crippen MR) is 39.7 cm³/mol. The van der Waals surface area contributed by atoms with Crippen LogP contribution in [-0.4, -0.2) is 15.0 Å². The van der Waals surface area contributed by atoms with Gasteiger partial charge in [-0.25, -0.2) is 15.0 Å². The van der Waals surface area contributed by atoms with Crippen LogP contribution in [0.15, 0.2) is 6.58 Å². The molecular formula is C7H6F3N3. The van der Waals surface area contributed by atoms with Gasteiger partial charge in [0.1, 0.15) is 5.82 Å². The van der Waals surface area contributed by atoms with E-state index < -0.39 is 12.0 Å². The summed E-state index contributed by atoms with van der Waals surface area (Å²) in [6, 6.07) is 0. The van der Waals surface area contributed by atoms with Crippen molar-refractivity contribution in [3.63, 3.8) is 0 Å². The number of halogens is 3. The highest BCUT2D eigenvalue weighted by Crippen LogP contribution is 2.25. The van der Waals surface area contributed by atoms with Crippen LogP contribution in [0, 0.1) is 6.92 Å². The van der Waals surface area contributed by atoms with Gasteiger partial charge in [0.25, 0.3) is 0 Å². The van der Waals surface area contributed by atoms with E-state index in [1.807, 2.05) is 0 Å².